The summed E-state index contributed by atoms with van der Waals surface area (Å²) in [4.78, 5) is 2.40. The molecule has 2 nitrogen and oxygen atoms in total. The largest absolute Gasteiger partial charge is 0.381 e. The summed E-state index contributed by atoms with van der Waals surface area (Å²) in [5.41, 5.74) is 1.13. The Balaban J connectivity index is 1.96. The lowest BCUT2D eigenvalue weighted by Gasteiger charge is -2.33. The van der Waals surface area contributed by atoms with Crippen LogP contribution in [0.1, 0.15) is 19.8 Å². The molecule has 1 aromatic rings. The summed E-state index contributed by atoms with van der Waals surface area (Å²) in [6.07, 6.45) is 2.55. The summed E-state index contributed by atoms with van der Waals surface area (Å²) >= 11 is 9.51. The average molecular weight is 332 g/mol. The first-order chi connectivity index (χ1) is 8.56. The van der Waals surface area contributed by atoms with Gasteiger partial charge in [0.15, 0.2) is 0 Å². The van der Waals surface area contributed by atoms with E-state index in [9.17, 15) is 0 Å². The van der Waals surface area contributed by atoms with Gasteiger partial charge in [0, 0.05) is 21.2 Å². The van der Waals surface area contributed by atoms with Crippen LogP contribution in [0.2, 0.25) is 5.02 Å². The first-order valence-corrected chi connectivity index (χ1v) is 7.63. The smallest absolute Gasteiger partial charge is 0.0487 e. The van der Waals surface area contributed by atoms with Crippen molar-refractivity contribution in [1.82, 2.24) is 4.90 Å². The van der Waals surface area contributed by atoms with Gasteiger partial charge in [-0.15, -0.1) is 0 Å². The van der Waals surface area contributed by atoms with E-state index in [-0.39, 0.29) is 0 Å². The van der Waals surface area contributed by atoms with Crippen LogP contribution in [-0.4, -0.2) is 31.1 Å². The van der Waals surface area contributed by atoms with Gasteiger partial charge in [0.05, 0.1) is 0 Å². The zero-order valence-corrected chi connectivity index (χ0v) is 13.3. The Labute approximate surface area is 123 Å². The highest BCUT2D eigenvalue weighted by Gasteiger charge is 2.22. The van der Waals surface area contributed by atoms with Gasteiger partial charge in [0.1, 0.15) is 0 Å². The van der Waals surface area contributed by atoms with Crippen molar-refractivity contribution in [2.45, 2.75) is 25.8 Å². The molecule has 2 rings (SSSR count). The molecule has 0 amide bonds. The first kappa shape index (κ1) is 14.2. The normalized spacial score (nSPS) is 19.8. The summed E-state index contributed by atoms with van der Waals surface area (Å²) < 4.78 is 1.04. The van der Waals surface area contributed by atoms with Crippen LogP contribution in [0, 0.1) is 5.92 Å². The number of anilines is 1. The van der Waals surface area contributed by atoms with E-state index >= 15 is 0 Å². The molecule has 1 heterocycles. The molecule has 1 aliphatic rings. The molecule has 0 spiro atoms. The van der Waals surface area contributed by atoms with Crippen molar-refractivity contribution in [1.29, 1.82) is 0 Å². The maximum Gasteiger partial charge on any atom is 0.0487 e. The van der Waals surface area contributed by atoms with Gasteiger partial charge in [0.25, 0.3) is 0 Å². The third kappa shape index (κ3) is 3.62. The number of halogens is 2. The highest BCUT2D eigenvalue weighted by molar-refractivity contribution is 9.10. The monoisotopic (exact) mass is 330 g/mol. The van der Waals surface area contributed by atoms with E-state index in [4.69, 9.17) is 11.6 Å². The van der Waals surface area contributed by atoms with Crippen LogP contribution in [0.3, 0.4) is 0 Å². The second-order valence-corrected chi connectivity index (χ2v) is 6.49. The molecule has 1 saturated heterocycles. The molecule has 0 aliphatic carbocycles. The van der Waals surface area contributed by atoms with E-state index in [2.05, 4.69) is 40.1 Å². The molecule has 100 valence electrons. The van der Waals surface area contributed by atoms with E-state index in [1.165, 1.54) is 25.9 Å². The molecule has 1 N–H and O–H groups in total. The first-order valence-electron chi connectivity index (χ1n) is 6.46. The van der Waals surface area contributed by atoms with E-state index in [1.807, 2.05) is 18.2 Å². The van der Waals surface area contributed by atoms with E-state index in [0.29, 0.717) is 6.04 Å². The summed E-state index contributed by atoms with van der Waals surface area (Å²) in [6, 6.07) is 6.40. The van der Waals surface area contributed by atoms with Crippen LogP contribution >= 0.6 is 27.5 Å². The van der Waals surface area contributed by atoms with Gasteiger partial charge in [-0.25, -0.2) is 0 Å². The van der Waals surface area contributed by atoms with Crippen LogP contribution < -0.4 is 5.32 Å². The minimum atomic E-state index is 0.496. The van der Waals surface area contributed by atoms with Gasteiger partial charge in [-0.05, 0) is 79.9 Å². The van der Waals surface area contributed by atoms with E-state index < -0.39 is 0 Å². The number of hydrogen-bond donors (Lipinski definition) is 1. The molecule has 4 heteroatoms. The Kier molecular flexibility index (Phi) is 4.93. The van der Waals surface area contributed by atoms with Crippen molar-refractivity contribution in [3.63, 3.8) is 0 Å². The Morgan fingerprint density at radius 3 is 2.67 bits per heavy atom. The molecular formula is C14H20BrClN2. The van der Waals surface area contributed by atoms with Crippen molar-refractivity contribution in [3.05, 3.63) is 27.7 Å². The van der Waals surface area contributed by atoms with Crippen LogP contribution in [0.25, 0.3) is 0 Å². The van der Waals surface area contributed by atoms with Crippen LogP contribution in [0.4, 0.5) is 5.69 Å². The molecule has 1 fully saturated rings. The molecule has 1 aliphatic heterocycles. The number of likely N-dealkylation sites (tertiary alicyclic amines) is 1. The third-order valence-electron chi connectivity index (χ3n) is 3.78. The summed E-state index contributed by atoms with van der Waals surface area (Å²) in [5, 5.41) is 4.36. The van der Waals surface area contributed by atoms with E-state index in [1.54, 1.807) is 0 Å². The Bertz CT molecular complexity index is 403. The maximum atomic E-state index is 5.95. The third-order valence-corrected chi connectivity index (χ3v) is 4.68. The van der Waals surface area contributed by atoms with Crippen molar-refractivity contribution in [2.24, 2.45) is 5.92 Å². The average Bonchev–Trinajstić information content (AvgIpc) is 2.33. The summed E-state index contributed by atoms with van der Waals surface area (Å²) in [6.45, 7) is 4.69. The maximum absolute atomic E-state index is 5.95. The summed E-state index contributed by atoms with van der Waals surface area (Å²) in [7, 11) is 2.20. The van der Waals surface area contributed by atoms with Gasteiger partial charge < -0.3 is 10.2 Å². The number of nitrogens with zero attached hydrogens (tertiary/aromatic N) is 1. The predicted molar refractivity (Wildman–Crippen MR) is 82.5 cm³/mol. The molecule has 1 aromatic carbocycles. The molecule has 0 aromatic heterocycles. The van der Waals surface area contributed by atoms with Gasteiger partial charge in [-0.2, -0.15) is 0 Å². The lowest BCUT2D eigenvalue weighted by molar-refractivity contribution is 0.208. The topological polar surface area (TPSA) is 15.3 Å². The van der Waals surface area contributed by atoms with Gasteiger partial charge in [0.2, 0.25) is 0 Å². The number of benzene rings is 1. The van der Waals surface area contributed by atoms with Crippen LogP contribution in [0.15, 0.2) is 22.7 Å². The molecule has 0 bridgehead atoms. The summed E-state index contributed by atoms with van der Waals surface area (Å²) in [5.74, 6) is 0.753. The minimum Gasteiger partial charge on any atom is -0.381 e. The van der Waals surface area contributed by atoms with Gasteiger partial charge in [-0.1, -0.05) is 11.6 Å². The SMILES string of the molecule is CC(Nc1ccc(Cl)cc1Br)C1CCN(C)CC1. The Morgan fingerprint density at radius 1 is 1.39 bits per heavy atom. The fourth-order valence-corrected chi connectivity index (χ4v) is 3.30. The Hall–Kier alpha value is -0.250. The minimum absolute atomic E-state index is 0.496. The zero-order chi connectivity index (χ0) is 13.1. The number of hydrogen-bond acceptors (Lipinski definition) is 2. The second kappa shape index (κ2) is 6.27. The van der Waals surface area contributed by atoms with Gasteiger partial charge >= 0.3 is 0 Å². The quantitative estimate of drug-likeness (QED) is 0.891. The van der Waals surface area contributed by atoms with Crippen molar-refractivity contribution in [2.75, 3.05) is 25.5 Å². The number of nitrogens with one attached hydrogen (secondary N) is 1. The molecular weight excluding hydrogens is 312 g/mol. The number of rotatable bonds is 3. The van der Waals surface area contributed by atoms with Crippen molar-refractivity contribution < 1.29 is 0 Å². The molecule has 0 saturated carbocycles. The molecule has 18 heavy (non-hydrogen) atoms. The molecule has 1 unspecified atom stereocenters. The molecule has 1 atom stereocenters. The standard InChI is InChI=1S/C14H20BrClN2/c1-10(11-5-7-18(2)8-6-11)17-14-4-3-12(16)9-13(14)15/h3-4,9-11,17H,5-8H2,1-2H3. The second-order valence-electron chi connectivity index (χ2n) is 5.20. The molecule has 0 radical (unpaired) electrons. The van der Waals surface area contributed by atoms with Crippen molar-refractivity contribution in [3.8, 4) is 0 Å². The highest BCUT2D eigenvalue weighted by atomic mass is 79.9. The fraction of sp³-hybridized carbons (Fsp3) is 0.571. The van der Waals surface area contributed by atoms with E-state index in [0.717, 1.165) is 21.1 Å². The fourth-order valence-electron chi connectivity index (χ4n) is 2.50. The number of piperidine rings is 1. The predicted octanol–water partition coefficient (Wildman–Crippen LogP) is 4.24. The van der Waals surface area contributed by atoms with Gasteiger partial charge in [-0.3, -0.25) is 0 Å². The lowest BCUT2D eigenvalue weighted by atomic mass is 9.90. The zero-order valence-electron chi connectivity index (χ0n) is 10.9. The lowest BCUT2D eigenvalue weighted by Crippen LogP contribution is -2.37. The highest BCUT2D eigenvalue weighted by Crippen LogP contribution is 2.29. The van der Waals surface area contributed by atoms with Crippen molar-refractivity contribution >= 4 is 33.2 Å². The van der Waals surface area contributed by atoms with Crippen LogP contribution in [0.5, 0.6) is 0 Å². The Morgan fingerprint density at radius 2 is 2.06 bits per heavy atom. The van der Waals surface area contributed by atoms with Crippen LogP contribution in [-0.2, 0) is 0 Å².